The Morgan fingerprint density at radius 1 is 1.28 bits per heavy atom. The molecule has 0 bridgehead atoms. The molecule has 0 aromatic carbocycles. The van der Waals surface area contributed by atoms with E-state index in [0.29, 0.717) is 17.1 Å². The lowest BCUT2D eigenvalue weighted by Crippen LogP contribution is -2.23. The molecular weight excluding hydrogens is 318 g/mol. The summed E-state index contributed by atoms with van der Waals surface area (Å²) in [4.78, 5) is 33.2. The topological polar surface area (TPSA) is 78.0 Å². The van der Waals surface area contributed by atoms with Gasteiger partial charge in [-0.15, -0.1) is 0 Å². The number of nitrogens with zero attached hydrogens (tertiary/aromatic N) is 3. The number of aromatic nitrogens is 3. The SMILES string of the molecule is CC(=O)Cn1cnc2c(oc3nc(C(C)C)c4c(c32)CCCC4)c1=O. The monoisotopic (exact) mass is 339 g/mol. The first-order valence-corrected chi connectivity index (χ1v) is 8.80. The van der Waals surface area contributed by atoms with Crippen molar-refractivity contribution in [1.82, 2.24) is 14.5 Å². The highest BCUT2D eigenvalue weighted by molar-refractivity contribution is 6.03. The van der Waals surface area contributed by atoms with Crippen molar-refractivity contribution in [2.45, 2.75) is 58.9 Å². The molecule has 0 fully saturated rings. The summed E-state index contributed by atoms with van der Waals surface area (Å²) in [6.45, 7) is 5.71. The number of furan rings is 1. The summed E-state index contributed by atoms with van der Waals surface area (Å²) in [5.74, 6) is 0.198. The van der Waals surface area contributed by atoms with Gasteiger partial charge in [0.15, 0.2) is 0 Å². The Morgan fingerprint density at radius 2 is 2.00 bits per heavy atom. The zero-order valence-electron chi connectivity index (χ0n) is 14.8. The van der Waals surface area contributed by atoms with E-state index in [2.05, 4.69) is 18.8 Å². The molecule has 0 amide bonds. The largest absolute Gasteiger partial charge is 0.430 e. The normalized spacial score (nSPS) is 14.4. The van der Waals surface area contributed by atoms with E-state index < -0.39 is 0 Å². The Balaban J connectivity index is 2.07. The van der Waals surface area contributed by atoms with Gasteiger partial charge in [0.1, 0.15) is 11.3 Å². The number of hydrogen-bond acceptors (Lipinski definition) is 5. The van der Waals surface area contributed by atoms with Crippen LogP contribution in [0.1, 0.15) is 56.4 Å². The zero-order valence-corrected chi connectivity index (χ0v) is 14.8. The van der Waals surface area contributed by atoms with Crippen LogP contribution in [0.25, 0.3) is 22.2 Å². The minimum absolute atomic E-state index is 0.00159. The van der Waals surface area contributed by atoms with Gasteiger partial charge in [0.25, 0.3) is 5.56 Å². The Labute approximate surface area is 144 Å². The predicted molar refractivity (Wildman–Crippen MR) is 95.0 cm³/mol. The van der Waals surface area contributed by atoms with Crippen LogP contribution in [0, 0.1) is 0 Å². The van der Waals surface area contributed by atoms with Crippen LogP contribution in [0.3, 0.4) is 0 Å². The first kappa shape index (κ1) is 16.0. The summed E-state index contributed by atoms with van der Waals surface area (Å²) in [6.07, 6.45) is 5.69. The van der Waals surface area contributed by atoms with E-state index in [1.165, 1.54) is 28.9 Å². The van der Waals surface area contributed by atoms with Crippen molar-refractivity contribution in [1.29, 1.82) is 0 Å². The summed E-state index contributed by atoms with van der Waals surface area (Å²) in [5, 5.41) is 0.876. The van der Waals surface area contributed by atoms with Gasteiger partial charge < -0.3 is 4.42 Å². The number of hydrogen-bond donors (Lipinski definition) is 0. The maximum atomic E-state index is 12.7. The molecule has 1 aliphatic rings. The molecule has 0 unspecified atom stereocenters. The van der Waals surface area contributed by atoms with Gasteiger partial charge in [0, 0.05) is 0 Å². The fourth-order valence-corrected chi connectivity index (χ4v) is 3.81. The van der Waals surface area contributed by atoms with Crippen LogP contribution < -0.4 is 5.56 Å². The molecule has 0 N–H and O–H groups in total. The van der Waals surface area contributed by atoms with Crippen LogP contribution >= 0.6 is 0 Å². The minimum Gasteiger partial charge on any atom is -0.430 e. The van der Waals surface area contributed by atoms with Gasteiger partial charge in [0.2, 0.25) is 11.3 Å². The van der Waals surface area contributed by atoms with Gasteiger partial charge in [-0.2, -0.15) is 0 Å². The lowest BCUT2D eigenvalue weighted by Gasteiger charge is -2.21. The second kappa shape index (κ2) is 5.79. The fourth-order valence-electron chi connectivity index (χ4n) is 3.81. The molecular formula is C19H21N3O3. The smallest absolute Gasteiger partial charge is 0.297 e. The van der Waals surface area contributed by atoms with E-state index in [1.807, 2.05) is 0 Å². The molecule has 0 radical (unpaired) electrons. The van der Waals surface area contributed by atoms with Crippen molar-refractivity contribution in [3.05, 3.63) is 33.5 Å². The Kier molecular flexibility index (Phi) is 3.71. The number of pyridine rings is 1. The first-order chi connectivity index (χ1) is 12.0. The van der Waals surface area contributed by atoms with Crippen molar-refractivity contribution in [3.63, 3.8) is 0 Å². The number of rotatable bonds is 3. The third-order valence-corrected chi connectivity index (χ3v) is 4.89. The van der Waals surface area contributed by atoms with Gasteiger partial charge in [0.05, 0.1) is 24.0 Å². The molecule has 0 spiro atoms. The van der Waals surface area contributed by atoms with Crippen molar-refractivity contribution in [2.24, 2.45) is 0 Å². The minimum atomic E-state index is -0.325. The van der Waals surface area contributed by atoms with Gasteiger partial charge in [-0.1, -0.05) is 13.8 Å². The Morgan fingerprint density at radius 3 is 2.68 bits per heavy atom. The number of carbonyl (C=O) groups is 1. The van der Waals surface area contributed by atoms with E-state index in [-0.39, 0.29) is 23.5 Å². The lowest BCUT2D eigenvalue weighted by molar-refractivity contribution is -0.117. The van der Waals surface area contributed by atoms with Crippen molar-refractivity contribution in [3.8, 4) is 0 Å². The molecule has 3 aromatic heterocycles. The summed E-state index contributed by atoms with van der Waals surface area (Å²) in [7, 11) is 0. The quantitative estimate of drug-likeness (QED) is 0.732. The molecule has 0 saturated heterocycles. The van der Waals surface area contributed by atoms with Crippen LogP contribution in [0.5, 0.6) is 0 Å². The first-order valence-electron chi connectivity index (χ1n) is 8.80. The molecule has 0 aliphatic heterocycles. The molecule has 0 atom stereocenters. The van der Waals surface area contributed by atoms with Gasteiger partial charge in [-0.25, -0.2) is 9.97 Å². The molecule has 6 nitrogen and oxygen atoms in total. The molecule has 3 aromatic rings. The number of Topliss-reactive ketones (excluding diaryl/α,β-unsaturated/α-hetero) is 1. The summed E-state index contributed by atoms with van der Waals surface area (Å²) < 4.78 is 7.14. The van der Waals surface area contributed by atoms with Crippen LogP contribution in [-0.4, -0.2) is 20.3 Å². The van der Waals surface area contributed by atoms with E-state index in [0.717, 1.165) is 36.8 Å². The van der Waals surface area contributed by atoms with Crippen molar-refractivity contribution < 1.29 is 9.21 Å². The van der Waals surface area contributed by atoms with Gasteiger partial charge in [-0.3, -0.25) is 14.2 Å². The second-order valence-electron chi connectivity index (χ2n) is 7.16. The molecule has 4 rings (SSSR count). The third kappa shape index (κ3) is 2.47. The second-order valence-corrected chi connectivity index (χ2v) is 7.16. The average Bonchev–Trinajstić information content (AvgIpc) is 2.96. The maximum absolute atomic E-state index is 12.7. The Hall–Kier alpha value is -2.50. The van der Waals surface area contributed by atoms with Crippen LogP contribution in [0.2, 0.25) is 0 Å². The number of carbonyl (C=O) groups excluding carboxylic acids is 1. The molecule has 25 heavy (non-hydrogen) atoms. The van der Waals surface area contributed by atoms with Crippen LogP contribution in [-0.2, 0) is 24.2 Å². The number of aryl methyl sites for hydroxylation is 1. The average molecular weight is 339 g/mol. The fraction of sp³-hybridized carbons (Fsp3) is 0.474. The maximum Gasteiger partial charge on any atom is 0.297 e. The highest BCUT2D eigenvalue weighted by Crippen LogP contribution is 2.36. The molecule has 130 valence electrons. The molecule has 3 heterocycles. The molecule has 0 saturated carbocycles. The van der Waals surface area contributed by atoms with Crippen molar-refractivity contribution in [2.75, 3.05) is 0 Å². The number of fused-ring (bicyclic) bond motifs is 5. The van der Waals surface area contributed by atoms with E-state index in [4.69, 9.17) is 9.40 Å². The van der Waals surface area contributed by atoms with E-state index >= 15 is 0 Å². The summed E-state index contributed by atoms with van der Waals surface area (Å²) in [6, 6.07) is 0. The molecule has 1 aliphatic carbocycles. The number of ketones is 1. The lowest BCUT2D eigenvalue weighted by atomic mass is 9.86. The standard InChI is InChI=1S/C19H21N3O3/c1-10(2)15-13-7-5-4-6-12(13)14-16-17(25-18(14)21-15)19(24)22(9-20-16)8-11(3)23/h9-10H,4-8H2,1-3H3. The summed E-state index contributed by atoms with van der Waals surface area (Å²) >= 11 is 0. The van der Waals surface area contributed by atoms with Crippen LogP contribution in [0.4, 0.5) is 0 Å². The predicted octanol–water partition coefficient (Wildman–Crippen LogP) is 3.13. The van der Waals surface area contributed by atoms with Gasteiger partial charge >= 0.3 is 0 Å². The summed E-state index contributed by atoms with van der Waals surface area (Å²) in [5.41, 5.74) is 4.52. The zero-order chi connectivity index (χ0) is 17.7. The van der Waals surface area contributed by atoms with E-state index in [1.54, 1.807) is 0 Å². The third-order valence-electron chi connectivity index (χ3n) is 4.89. The highest BCUT2D eigenvalue weighted by atomic mass is 16.3. The highest BCUT2D eigenvalue weighted by Gasteiger charge is 2.25. The van der Waals surface area contributed by atoms with Crippen LogP contribution in [0.15, 0.2) is 15.5 Å². The van der Waals surface area contributed by atoms with Gasteiger partial charge in [-0.05, 0) is 49.7 Å². The van der Waals surface area contributed by atoms with E-state index in [9.17, 15) is 9.59 Å². The Bertz CT molecular complexity index is 1060. The molecule has 6 heteroatoms. The van der Waals surface area contributed by atoms with Crippen molar-refractivity contribution >= 4 is 28.0 Å².